The molecule has 0 fully saturated rings. The van der Waals surface area contributed by atoms with Gasteiger partial charge in [0.2, 0.25) is 0 Å². The summed E-state index contributed by atoms with van der Waals surface area (Å²) in [5.41, 5.74) is 1.19. The number of nitrogens with one attached hydrogen (secondary N) is 1. The van der Waals surface area contributed by atoms with E-state index in [2.05, 4.69) is 21.4 Å². The molecule has 0 aliphatic rings. The van der Waals surface area contributed by atoms with Gasteiger partial charge in [-0.3, -0.25) is 0 Å². The van der Waals surface area contributed by atoms with Gasteiger partial charge in [0.25, 0.3) is 0 Å². The zero-order valence-electron chi connectivity index (χ0n) is 9.34. The molecule has 0 aliphatic heterocycles. The van der Waals surface area contributed by atoms with Crippen LogP contribution in [0.5, 0.6) is 0 Å². The fourth-order valence-corrected chi connectivity index (χ4v) is 2.33. The van der Waals surface area contributed by atoms with Crippen LogP contribution in [0.4, 0.5) is 5.82 Å². The van der Waals surface area contributed by atoms with E-state index in [1.807, 2.05) is 37.1 Å². The summed E-state index contributed by atoms with van der Waals surface area (Å²) >= 11 is 1.71. The number of hydrogen-bond donors (Lipinski definition) is 1. The maximum Gasteiger partial charge on any atom is 0.167 e. The second kappa shape index (κ2) is 5.03. The highest BCUT2D eigenvalue weighted by Crippen LogP contribution is 2.23. The van der Waals surface area contributed by atoms with Crippen molar-refractivity contribution < 1.29 is 0 Å². The minimum Gasteiger partial charge on any atom is -0.373 e. The lowest BCUT2D eigenvalue weighted by atomic mass is 10.3. The number of aryl methyl sites for hydroxylation is 1. The van der Waals surface area contributed by atoms with Gasteiger partial charge in [-0.2, -0.15) is 0 Å². The number of anilines is 1. The molecule has 2 aromatic rings. The molecular formula is C11H14N4S. The highest BCUT2D eigenvalue weighted by molar-refractivity contribution is 7.98. The van der Waals surface area contributed by atoms with Gasteiger partial charge in [-0.25, -0.2) is 9.97 Å². The van der Waals surface area contributed by atoms with Gasteiger partial charge in [0, 0.05) is 44.0 Å². The predicted molar refractivity (Wildman–Crippen MR) is 66.6 cm³/mol. The minimum absolute atomic E-state index is 0.870. The Morgan fingerprint density at radius 1 is 1.38 bits per heavy atom. The van der Waals surface area contributed by atoms with E-state index in [0.717, 1.165) is 16.7 Å². The molecule has 2 rings (SSSR count). The smallest absolute Gasteiger partial charge is 0.167 e. The summed E-state index contributed by atoms with van der Waals surface area (Å²) in [5, 5.41) is 4.11. The van der Waals surface area contributed by atoms with Crippen molar-refractivity contribution >= 4 is 17.6 Å². The van der Waals surface area contributed by atoms with Crippen molar-refractivity contribution in [2.75, 3.05) is 12.4 Å². The van der Waals surface area contributed by atoms with Crippen LogP contribution in [0.15, 0.2) is 35.9 Å². The third-order valence-corrected chi connectivity index (χ3v) is 3.37. The molecule has 0 atom stereocenters. The normalized spacial score (nSPS) is 10.4. The van der Waals surface area contributed by atoms with Crippen molar-refractivity contribution in [2.24, 2.45) is 7.05 Å². The first-order valence-electron chi connectivity index (χ1n) is 5.03. The summed E-state index contributed by atoms with van der Waals surface area (Å²) in [4.78, 5) is 8.54. The standard InChI is InChI=1S/C11H14N4S/c1-12-10-9(4-3-5-13-10)8-16-11-14-6-7-15(11)2/h3-7H,8H2,1-2H3,(H,12,13). The van der Waals surface area contributed by atoms with Crippen molar-refractivity contribution in [3.63, 3.8) is 0 Å². The Kier molecular flexibility index (Phi) is 3.46. The lowest BCUT2D eigenvalue weighted by Gasteiger charge is -2.06. The summed E-state index contributed by atoms with van der Waals surface area (Å²) in [6.45, 7) is 0. The monoisotopic (exact) mass is 234 g/mol. The lowest BCUT2D eigenvalue weighted by molar-refractivity contribution is 0.790. The van der Waals surface area contributed by atoms with Crippen molar-refractivity contribution in [1.82, 2.24) is 14.5 Å². The Labute approximate surface area is 99.1 Å². The summed E-state index contributed by atoms with van der Waals surface area (Å²) in [5.74, 6) is 1.80. The largest absolute Gasteiger partial charge is 0.373 e. The maximum atomic E-state index is 4.27. The van der Waals surface area contributed by atoms with E-state index in [1.54, 1.807) is 18.0 Å². The fourth-order valence-electron chi connectivity index (χ4n) is 1.41. The second-order valence-corrected chi connectivity index (χ2v) is 4.31. The average molecular weight is 234 g/mol. The minimum atomic E-state index is 0.870. The molecule has 5 heteroatoms. The molecule has 0 radical (unpaired) electrons. The highest BCUT2D eigenvalue weighted by Gasteiger charge is 2.04. The highest BCUT2D eigenvalue weighted by atomic mass is 32.2. The second-order valence-electron chi connectivity index (χ2n) is 3.37. The lowest BCUT2D eigenvalue weighted by Crippen LogP contribution is -1.97. The fraction of sp³-hybridized carbons (Fsp3) is 0.273. The van der Waals surface area contributed by atoms with Crippen LogP contribution in [0.25, 0.3) is 0 Å². The van der Waals surface area contributed by atoms with Crippen molar-refractivity contribution in [1.29, 1.82) is 0 Å². The topological polar surface area (TPSA) is 42.7 Å². The predicted octanol–water partition coefficient (Wildman–Crippen LogP) is 2.15. The Morgan fingerprint density at radius 3 is 2.94 bits per heavy atom. The molecule has 0 aliphatic carbocycles. The number of hydrogen-bond acceptors (Lipinski definition) is 4. The van der Waals surface area contributed by atoms with Crippen molar-refractivity contribution in [2.45, 2.75) is 10.9 Å². The number of imidazole rings is 1. The summed E-state index contributed by atoms with van der Waals surface area (Å²) in [6.07, 6.45) is 5.55. The first-order chi connectivity index (χ1) is 7.81. The molecule has 84 valence electrons. The van der Waals surface area contributed by atoms with Gasteiger partial charge in [-0.15, -0.1) is 0 Å². The molecular weight excluding hydrogens is 220 g/mol. The molecule has 2 heterocycles. The van der Waals surface area contributed by atoms with Crippen LogP contribution in [0, 0.1) is 0 Å². The van der Waals surface area contributed by atoms with Crippen LogP contribution in [0.1, 0.15) is 5.56 Å². The summed E-state index contributed by atoms with van der Waals surface area (Å²) in [6, 6.07) is 4.03. The molecule has 0 spiro atoms. The number of pyridine rings is 1. The number of nitrogens with zero attached hydrogens (tertiary/aromatic N) is 3. The number of aromatic nitrogens is 3. The van der Waals surface area contributed by atoms with Gasteiger partial charge in [-0.1, -0.05) is 17.8 Å². The van der Waals surface area contributed by atoms with Crippen LogP contribution in [0.2, 0.25) is 0 Å². The van der Waals surface area contributed by atoms with Gasteiger partial charge >= 0.3 is 0 Å². The van der Waals surface area contributed by atoms with Crippen LogP contribution < -0.4 is 5.32 Å². The molecule has 0 bridgehead atoms. The van der Waals surface area contributed by atoms with Crippen LogP contribution in [-0.4, -0.2) is 21.6 Å². The summed E-state index contributed by atoms with van der Waals surface area (Å²) in [7, 11) is 3.88. The molecule has 0 amide bonds. The SMILES string of the molecule is CNc1ncccc1CSc1nccn1C. The number of rotatable bonds is 4. The van der Waals surface area contributed by atoms with E-state index in [0.29, 0.717) is 0 Å². The molecule has 2 aromatic heterocycles. The zero-order chi connectivity index (χ0) is 11.4. The van der Waals surface area contributed by atoms with Crippen LogP contribution >= 0.6 is 11.8 Å². The quantitative estimate of drug-likeness (QED) is 0.823. The molecule has 0 unspecified atom stereocenters. The molecule has 0 saturated carbocycles. The Hall–Kier alpha value is -1.49. The Morgan fingerprint density at radius 2 is 2.25 bits per heavy atom. The van der Waals surface area contributed by atoms with Gasteiger partial charge in [0.15, 0.2) is 5.16 Å². The van der Waals surface area contributed by atoms with Crippen LogP contribution in [0.3, 0.4) is 0 Å². The van der Waals surface area contributed by atoms with E-state index in [-0.39, 0.29) is 0 Å². The zero-order valence-corrected chi connectivity index (χ0v) is 10.2. The average Bonchev–Trinajstić information content (AvgIpc) is 2.72. The maximum absolute atomic E-state index is 4.27. The van der Waals surface area contributed by atoms with E-state index >= 15 is 0 Å². The third-order valence-electron chi connectivity index (χ3n) is 2.26. The Bertz CT molecular complexity index is 467. The van der Waals surface area contributed by atoms with Gasteiger partial charge < -0.3 is 9.88 Å². The van der Waals surface area contributed by atoms with Crippen LogP contribution in [-0.2, 0) is 12.8 Å². The van der Waals surface area contributed by atoms with E-state index in [4.69, 9.17) is 0 Å². The van der Waals surface area contributed by atoms with E-state index in [1.165, 1.54) is 5.56 Å². The molecule has 16 heavy (non-hydrogen) atoms. The van der Waals surface area contributed by atoms with E-state index in [9.17, 15) is 0 Å². The van der Waals surface area contributed by atoms with E-state index < -0.39 is 0 Å². The molecule has 1 N–H and O–H groups in total. The molecule has 0 aromatic carbocycles. The first-order valence-corrected chi connectivity index (χ1v) is 6.01. The third kappa shape index (κ3) is 2.36. The Balaban J connectivity index is 2.07. The summed E-state index contributed by atoms with van der Waals surface area (Å²) < 4.78 is 2.01. The molecule has 0 saturated heterocycles. The van der Waals surface area contributed by atoms with Gasteiger partial charge in [0.05, 0.1) is 0 Å². The van der Waals surface area contributed by atoms with Gasteiger partial charge in [-0.05, 0) is 6.07 Å². The first kappa shape index (κ1) is 11.0. The molecule has 4 nitrogen and oxygen atoms in total. The number of thioether (sulfide) groups is 1. The van der Waals surface area contributed by atoms with Crippen molar-refractivity contribution in [3.05, 3.63) is 36.3 Å². The van der Waals surface area contributed by atoms with Gasteiger partial charge in [0.1, 0.15) is 5.82 Å². The van der Waals surface area contributed by atoms with Crippen molar-refractivity contribution in [3.8, 4) is 0 Å².